The number of carbonyl (C=O) groups is 1. The first-order chi connectivity index (χ1) is 7.19. The Morgan fingerprint density at radius 3 is 2.60 bits per heavy atom. The Morgan fingerprint density at radius 1 is 1.27 bits per heavy atom. The molecule has 1 amide bonds. The molecule has 0 saturated carbocycles. The summed E-state index contributed by atoms with van der Waals surface area (Å²) in [5.74, 6) is 1.12. The quantitative estimate of drug-likeness (QED) is 0.733. The van der Waals surface area contributed by atoms with Gasteiger partial charge in [-0.3, -0.25) is 4.79 Å². The maximum Gasteiger partial charge on any atom is 0.258 e. The highest BCUT2D eigenvalue weighted by molar-refractivity contribution is 6.01. The van der Waals surface area contributed by atoms with Crippen LogP contribution in [-0.2, 0) is 6.54 Å². The van der Waals surface area contributed by atoms with Gasteiger partial charge in [-0.05, 0) is 11.6 Å². The number of benzene rings is 1. The van der Waals surface area contributed by atoms with E-state index in [0.717, 1.165) is 5.56 Å². The van der Waals surface area contributed by atoms with E-state index in [9.17, 15) is 4.79 Å². The molecule has 15 heavy (non-hydrogen) atoms. The number of methoxy groups -OCH3 is 2. The number of nitrogens with zero attached hydrogens (tertiary/aromatic N) is 1. The molecule has 0 unspecified atom stereocenters. The van der Waals surface area contributed by atoms with E-state index in [2.05, 4.69) is 0 Å². The molecular weight excluding hydrogens is 194 g/mol. The van der Waals surface area contributed by atoms with Crippen LogP contribution in [0.2, 0.25) is 0 Å². The van der Waals surface area contributed by atoms with Crippen LogP contribution >= 0.6 is 0 Å². The van der Waals surface area contributed by atoms with E-state index in [4.69, 9.17) is 9.47 Å². The topological polar surface area (TPSA) is 38.8 Å². The molecule has 0 spiro atoms. The zero-order valence-electron chi connectivity index (χ0n) is 9.03. The summed E-state index contributed by atoms with van der Waals surface area (Å²) in [6.07, 6.45) is 0. The Bertz CT molecular complexity index is 415. The first kappa shape index (κ1) is 9.83. The monoisotopic (exact) mass is 207 g/mol. The molecule has 0 saturated heterocycles. The van der Waals surface area contributed by atoms with Crippen molar-refractivity contribution in [3.8, 4) is 11.5 Å². The highest BCUT2D eigenvalue weighted by atomic mass is 16.5. The van der Waals surface area contributed by atoms with Crippen molar-refractivity contribution in [2.75, 3.05) is 21.3 Å². The maximum absolute atomic E-state index is 11.8. The summed E-state index contributed by atoms with van der Waals surface area (Å²) < 4.78 is 10.4. The molecular formula is C11H13NO3. The highest BCUT2D eigenvalue weighted by Crippen LogP contribution is 2.37. The number of rotatable bonds is 2. The molecule has 1 aromatic carbocycles. The van der Waals surface area contributed by atoms with Gasteiger partial charge in [-0.15, -0.1) is 0 Å². The molecule has 1 aromatic rings. The van der Waals surface area contributed by atoms with Gasteiger partial charge in [0.25, 0.3) is 5.91 Å². The number of amides is 1. The minimum atomic E-state index is -0.0132. The fourth-order valence-electron chi connectivity index (χ4n) is 1.85. The Labute approximate surface area is 88.4 Å². The summed E-state index contributed by atoms with van der Waals surface area (Å²) in [4.78, 5) is 13.5. The molecule has 0 radical (unpaired) electrons. The molecule has 0 bridgehead atoms. The number of carbonyl (C=O) groups excluding carboxylic acids is 1. The standard InChI is InChI=1S/C11H13NO3/c1-12-6-7-4-5-8(14-2)10(15-3)9(7)11(12)13/h4-5H,6H2,1-3H3. The second-order valence-corrected chi connectivity index (χ2v) is 3.50. The fourth-order valence-corrected chi connectivity index (χ4v) is 1.85. The summed E-state index contributed by atoms with van der Waals surface area (Å²) in [5.41, 5.74) is 1.61. The summed E-state index contributed by atoms with van der Waals surface area (Å²) in [5, 5.41) is 0. The molecule has 80 valence electrons. The van der Waals surface area contributed by atoms with E-state index in [1.54, 1.807) is 26.2 Å². The van der Waals surface area contributed by atoms with Crippen LogP contribution in [0.5, 0.6) is 11.5 Å². The number of hydrogen-bond donors (Lipinski definition) is 0. The first-order valence-corrected chi connectivity index (χ1v) is 4.68. The van der Waals surface area contributed by atoms with Crippen molar-refractivity contribution in [2.45, 2.75) is 6.54 Å². The first-order valence-electron chi connectivity index (χ1n) is 4.68. The minimum absolute atomic E-state index is 0.0132. The van der Waals surface area contributed by atoms with Gasteiger partial charge in [0.2, 0.25) is 0 Å². The number of hydrogen-bond acceptors (Lipinski definition) is 3. The maximum atomic E-state index is 11.8. The summed E-state index contributed by atoms with van der Waals surface area (Å²) in [7, 11) is 4.88. The largest absolute Gasteiger partial charge is 0.493 e. The summed E-state index contributed by atoms with van der Waals surface area (Å²) >= 11 is 0. The van der Waals surface area contributed by atoms with Crippen LogP contribution < -0.4 is 9.47 Å². The summed E-state index contributed by atoms with van der Waals surface area (Å²) in [6, 6.07) is 3.72. The van der Waals surface area contributed by atoms with Crippen molar-refractivity contribution in [3.63, 3.8) is 0 Å². The molecule has 0 atom stereocenters. The third-order valence-corrected chi connectivity index (χ3v) is 2.60. The van der Waals surface area contributed by atoms with E-state index < -0.39 is 0 Å². The molecule has 1 aliphatic rings. The lowest BCUT2D eigenvalue weighted by molar-refractivity contribution is 0.0813. The highest BCUT2D eigenvalue weighted by Gasteiger charge is 2.30. The van der Waals surface area contributed by atoms with Gasteiger partial charge in [0, 0.05) is 13.6 Å². The molecule has 4 nitrogen and oxygen atoms in total. The normalized spacial score (nSPS) is 14.1. The molecule has 1 heterocycles. The molecule has 0 fully saturated rings. The van der Waals surface area contributed by atoms with Crippen molar-refractivity contribution in [2.24, 2.45) is 0 Å². The fraction of sp³-hybridized carbons (Fsp3) is 0.364. The Kier molecular flexibility index (Phi) is 2.26. The molecule has 0 aromatic heterocycles. The molecule has 0 aliphatic carbocycles. The van der Waals surface area contributed by atoms with E-state index in [1.807, 2.05) is 12.1 Å². The van der Waals surface area contributed by atoms with Gasteiger partial charge in [-0.25, -0.2) is 0 Å². The van der Waals surface area contributed by atoms with Gasteiger partial charge in [-0.1, -0.05) is 6.07 Å². The predicted molar refractivity (Wildman–Crippen MR) is 55.3 cm³/mol. The van der Waals surface area contributed by atoms with Gasteiger partial charge >= 0.3 is 0 Å². The van der Waals surface area contributed by atoms with Crippen LogP contribution in [0.15, 0.2) is 12.1 Å². The number of ether oxygens (including phenoxy) is 2. The lowest BCUT2D eigenvalue weighted by Gasteiger charge is -2.10. The smallest absolute Gasteiger partial charge is 0.258 e. The summed E-state index contributed by atoms with van der Waals surface area (Å²) in [6.45, 7) is 0.633. The predicted octanol–water partition coefficient (Wildman–Crippen LogP) is 1.29. The SMILES string of the molecule is COc1ccc2c(c1OC)C(=O)N(C)C2. The van der Waals surface area contributed by atoms with E-state index in [-0.39, 0.29) is 5.91 Å². The Morgan fingerprint density at radius 2 is 2.00 bits per heavy atom. The number of fused-ring (bicyclic) bond motifs is 1. The molecule has 2 rings (SSSR count). The van der Waals surface area contributed by atoms with Crippen LogP contribution in [0.1, 0.15) is 15.9 Å². The molecule has 1 aliphatic heterocycles. The van der Waals surface area contributed by atoms with Crippen molar-refractivity contribution < 1.29 is 14.3 Å². The van der Waals surface area contributed by atoms with Crippen LogP contribution in [0.25, 0.3) is 0 Å². The third-order valence-electron chi connectivity index (χ3n) is 2.60. The Balaban J connectivity index is 2.61. The van der Waals surface area contributed by atoms with E-state index in [0.29, 0.717) is 23.6 Å². The van der Waals surface area contributed by atoms with Crippen molar-refractivity contribution in [3.05, 3.63) is 23.3 Å². The molecule has 0 N–H and O–H groups in total. The zero-order chi connectivity index (χ0) is 11.0. The van der Waals surface area contributed by atoms with Crippen molar-refractivity contribution in [1.82, 2.24) is 4.90 Å². The lowest BCUT2D eigenvalue weighted by Crippen LogP contribution is -2.18. The van der Waals surface area contributed by atoms with Crippen LogP contribution in [-0.4, -0.2) is 32.1 Å². The van der Waals surface area contributed by atoms with Gasteiger partial charge in [0.1, 0.15) is 0 Å². The van der Waals surface area contributed by atoms with Crippen LogP contribution in [0, 0.1) is 0 Å². The van der Waals surface area contributed by atoms with E-state index in [1.165, 1.54) is 0 Å². The zero-order valence-corrected chi connectivity index (χ0v) is 9.03. The van der Waals surface area contributed by atoms with Crippen molar-refractivity contribution >= 4 is 5.91 Å². The second kappa shape index (κ2) is 3.46. The van der Waals surface area contributed by atoms with Gasteiger partial charge in [0.15, 0.2) is 11.5 Å². The molecule has 4 heteroatoms. The second-order valence-electron chi connectivity index (χ2n) is 3.50. The third kappa shape index (κ3) is 1.33. The minimum Gasteiger partial charge on any atom is -0.493 e. The lowest BCUT2D eigenvalue weighted by atomic mass is 10.1. The Hall–Kier alpha value is -1.71. The van der Waals surface area contributed by atoms with Gasteiger partial charge in [0.05, 0.1) is 19.8 Å². The van der Waals surface area contributed by atoms with Crippen LogP contribution in [0.4, 0.5) is 0 Å². The van der Waals surface area contributed by atoms with Crippen molar-refractivity contribution in [1.29, 1.82) is 0 Å². The van der Waals surface area contributed by atoms with Gasteiger partial charge < -0.3 is 14.4 Å². The average Bonchev–Trinajstić information content (AvgIpc) is 2.54. The average molecular weight is 207 g/mol. The van der Waals surface area contributed by atoms with Crippen LogP contribution in [0.3, 0.4) is 0 Å². The van der Waals surface area contributed by atoms with E-state index >= 15 is 0 Å². The van der Waals surface area contributed by atoms with Gasteiger partial charge in [-0.2, -0.15) is 0 Å².